The molecule has 4 heteroatoms. The zero-order chi connectivity index (χ0) is 21.9. The number of hydrogen-bond donors (Lipinski definition) is 0. The molecule has 168 valence electrons. The van der Waals surface area contributed by atoms with Gasteiger partial charge in [-0.1, -0.05) is 65.2 Å². The zero-order valence-corrected chi connectivity index (χ0v) is 19.1. The van der Waals surface area contributed by atoms with Crippen LogP contribution < -0.4 is 9.47 Å². The maximum Gasteiger partial charge on any atom is 0.213 e. The Labute approximate surface area is 186 Å². The Morgan fingerprint density at radius 2 is 1.29 bits per heavy atom. The van der Waals surface area contributed by atoms with Gasteiger partial charge in [0.15, 0.2) is 11.6 Å². The smallest absolute Gasteiger partial charge is 0.213 e. The molecule has 1 aromatic heterocycles. The van der Waals surface area contributed by atoms with Crippen LogP contribution >= 0.6 is 0 Å². The molecule has 0 radical (unpaired) electrons. The minimum atomic E-state index is -0.290. The number of unbranched alkanes of at least 4 members (excludes halogenated alkanes) is 8. The maximum atomic E-state index is 15.1. The first-order valence-corrected chi connectivity index (χ1v) is 12.0. The summed E-state index contributed by atoms with van der Waals surface area (Å²) < 4.78 is 26.5. The molecule has 2 aromatic carbocycles. The monoisotopic (exact) mass is 425 g/mol. The van der Waals surface area contributed by atoms with Gasteiger partial charge in [-0.05, 0) is 48.6 Å². The van der Waals surface area contributed by atoms with Gasteiger partial charge in [-0.2, -0.15) is 0 Å². The highest BCUT2D eigenvalue weighted by molar-refractivity contribution is 6.06. The molecular formula is C27H36FNO2. The van der Waals surface area contributed by atoms with E-state index >= 15 is 4.39 Å². The summed E-state index contributed by atoms with van der Waals surface area (Å²) >= 11 is 0. The standard InChI is InChI=1S/C27H36FNO2/c1-3-5-7-8-9-10-11-12-20-30-25-17-14-21-22-15-18-26(31-19-6-4-2)29-24(22)16-13-23(21)27(25)28/h13-18H,3-12,19-20H2,1-2H3. The number of pyridine rings is 1. The lowest BCUT2D eigenvalue weighted by atomic mass is 10.0. The largest absolute Gasteiger partial charge is 0.490 e. The number of hydrogen-bond acceptors (Lipinski definition) is 3. The summed E-state index contributed by atoms with van der Waals surface area (Å²) in [6, 6.07) is 11.2. The molecule has 0 aliphatic rings. The number of ether oxygens (including phenoxy) is 2. The van der Waals surface area contributed by atoms with Crippen molar-refractivity contribution in [2.75, 3.05) is 13.2 Å². The summed E-state index contributed by atoms with van der Waals surface area (Å²) in [5.41, 5.74) is 0.813. The van der Waals surface area contributed by atoms with Crippen molar-refractivity contribution < 1.29 is 13.9 Å². The van der Waals surface area contributed by atoms with E-state index in [0.717, 1.165) is 42.0 Å². The summed E-state index contributed by atoms with van der Waals surface area (Å²) in [7, 11) is 0. The summed E-state index contributed by atoms with van der Waals surface area (Å²) in [5, 5.41) is 2.35. The van der Waals surface area contributed by atoms with Crippen molar-refractivity contribution in [1.82, 2.24) is 4.98 Å². The quantitative estimate of drug-likeness (QED) is 0.192. The van der Waals surface area contributed by atoms with Crippen LogP contribution in [0.25, 0.3) is 21.7 Å². The molecule has 0 spiro atoms. The fraction of sp³-hybridized carbons (Fsp3) is 0.519. The van der Waals surface area contributed by atoms with E-state index < -0.39 is 0 Å². The van der Waals surface area contributed by atoms with E-state index in [1.807, 2.05) is 24.3 Å². The average Bonchev–Trinajstić information content (AvgIpc) is 2.79. The van der Waals surface area contributed by atoms with Gasteiger partial charge in [-0.3, -0.25) is 0 Å². The molecule has 3 nitrogen and oxygen atoms in total. The second-order valence-electron chi connectivity index (χ2n) is 8.28. The van der Waals surface area contributed by atoms with E-state index in [4.69, 9.17) is 9.47 Å². The summed E-state index contributed by atoms with van der Waals surface area (Å²) in [6.45, 7) is 5.59. The highest BCUT2D eigenvalue weighted by atomic mass is 19.1. The highest BCUT2D eigenvalue weighted by Gasteiger charge is 2.12. The number of fused-ring (bicyclic) bond motifs is 3. The molecule has 0 fully saturated rings. The summed E-state index contributed by atoms with van der Waals surface area (Å²) in [4.78, 5) is 4.57. The number of aromatic nitrogens is 1. The van der Waals surface area contributed by atoms with Gasteiger partial charge >= 0.3 is 0 Å². The topological polar surface area (TPSA) is 31.4 Å². The highest BCUT2D eigenvalue weighted by Crippen LogP contribution is 2.32. The van der Waals surface area contributed by atoms with E-state index in [-0.39, 0.29) is 5.82 Å². The molecule has 0 saturated heterocycles. The van der Waals surface area contributed by atoms with Crippen molar-refractivity contribution in [1.29, 1.82) is 0 Å². The van der Waals surface area contributed by atoms with E-state index in [0.29, 0.717) is 30.2 Å². The molecule has 31 heavy (non-hydrogen) atoms. The van der Waals surface area contributed by atoms with Gasteiger partial charge in [0.1, 0.15) is 0 Å². The molecule has 0 aliphatic heterocycles. The van der Waals surface area contributed by atoms with Crippen LogP contribution in [-0.4, -0.2) is 18.2 Å². The second-order valence-corrected chi connectivity index (χ2v) is 8.28. The zero-order valence-electron chi connectivity index (χ0n) is 19.1. The molecule has 0 N–H and O–H groups in total. The molecule has 0 bridgehead atoms. The number of rotatable bonds is 14. The van der Waals surface area contributed by atoms with Gasteiger partial charge in [-0.25, -0.2) is 9.37 Å². The Kier molecular flexibility index (Phi) is 9.39. The molecular weight excluding hydrogens is 389 g/mol. The molecule has 0 unspecified atom stereocenters. The van der Waals surface area contributed by atoms with Crippen LogP contribution in [-0.2, 0) is 0 Å². The van der Waals surface area contributed by atoms with Crippen LogP contribution in [0.4, 0.5) is 4.39 Å². The molecule has 3 rings (SSSR count). The van der Waals surface area contributed by atoms with Crippen LogP contribution in [0, 0.1) is 5.82 Å². The van der Waals surface area contributed by atoms with Gasteiger partial charge in [0.25, 0.3) is 0 Å². The fourth-order valence-electron chi connectivity index (χ4n) is 3.88. The van der Waals surface area contributed by atoms with Crippen molar-refractivity contribution in [3.8, 4) is 11.6 Å². The van der Waals surface area contributed by atoms with Crippen molar-refractivity contribution in [2.24, 2.45) is 0 Å². The molecule has 1 heterocycles. The van der Waals surface area contributed by atoms with Crippen LogP contribution in [0.2, 0.25) is 0 Å². The lowest BCUT2D eigenvalue weighted by Crippen LogP contribution is -2.00. The fourth-order valence-corrected chi connectivity index (χ4v) is 3.88. The van der Waals surface area contributed by atoms with Crippen molar-refractivity contribution in [3.05, 3.63) is 42.2 Å². The lowest BCUT2D eigenvalue weighted by Gasteiger charge is -2.11. The Morgan fingerprint density at radius 3 is 2.06 bits per heavy atom. The summed E-state index contributed by atoms with van der Waals surface area (Å²) in [5.74, 6) is 0.663. The van der Waals surface area contributed by atoms with E-state index in [1.165, 1.54) is 38.5 Å². The third-order valence-electron chi connectivity index (χ3n) is 5.74. The van der Waals surface area contributed by atoms with E-state index in [2.05, 4.69) is 18.8 Å². The van der Waals surface area contributed by atoms with Gasteiger partial charge in [-0.15, -0.1) is 0 Å². The Balaban J connectivity index is 1.58. The third-order valence-corrected chi connectivity index (χ3v) is 5.74. The molecule has 0 amide bonds. The van der Waals surface area contributed by atoms with Crippen LogP contribution in [0.3, 0.4) is 0 Å². The maximum absolute atomic E-state index is 15.1. The number of halogens is 1. The van der Waals surface area contributed by atoms with Crippen molar-refractivity contribution >= 4 is 21.7 Å². The van der Waals surface area contributed by atoms with E-state index in [9.17, 15) is 0 Å². The first-order valence-electron chi connectivity index (χ1n) is 12.0. The molecule has 0 aliphatic carbocycles. The summed E-state index contributed by atoms with van der Waals surface area (Å²) in [6.07, 6.45) is 12.0. The normalized spacial score (nSPS) is 11.3. The third kappa shape index (κ3) is 6.56. The predicted molar refractivity (Wildman–Crippen MR) is 128 cm³/mol. The molecule has 0 saturated carbocycles. The van der Waals surface area contributed by atoms with Gasteiger partial charge < -0.3 is 9.47 Å². The molecule has 3 aromatic rings. The minimum absolute atomic E-state index is 0.290. The number of nitrogens with zero attached hydrogens (tertiary/aromatic N) is 1. The minimum Gasteiger partial charge on any atom is -0.490 e. The van der Waals surface area contributed by atoms with E-state index in [1.54, 1.807) is 12.1 Å². The van der Waals surface area contributed by atoms with Crippen molar-refractivity contribution in [3.63, 3.8) is 0 Å². The second kappa shape index (κ2) is 12.5. The van der Waals surface area contributed by atoms with Crippen molar-refractivity contribution in [2.45, 2.75) is 78.1 Å². The first-order chi connectivity index (χ1) is 15.2. The lowest BCUT2D eigenvalue weighted by molar-refractivity contribution is 0.291. The average molecular weight is 426 g/mol. The SMILES string of the molecule is CCCCCCCCCCOc1ccc2c(ccc3nc(OCCCC)ccc32)c1F. The van der Waals surface area contributed by atoms with Crippen LogP contribution in [0.15, 0.2) is 36.4 Å². The van der Waals surface area contributed by atoms with Gasteiger partial charge in [0.2, 0.25) is 5.88 Å². The Hall–Kier alpha value is -2.36. The molecule has 0 atom stereocenters. The Bertz CT molecular complexity index is 957. The van der Waals surface area contributed by atoms with Gasteiger partial charge in [0, 0.05) is 16.8 Å². The Morgan fingerprint density at radius 1 is 0.645 bits per heavy atom. The number of benzene rings is 2. The first kappa shape index (κ1) is 23.3. The van der Waals surface area contributed by atoms with Gasteiger partial charge in [0.05, 0.1) is 18.7 Å². The van der Waals surface area contributed by atoms with Crippen LogP contribution in [0.5, 0.6) is 11.6 Å². The predicted octanol–water partition coefficient (Wildman–Crippen LogP) is 8.23. The van der Waals surface area contributed by atoms with Crippen LogP contribution in [0.1, 0.15) is 78.1 Å².